The number of anilines is 4. The minimum Gasteiger partial charge on any atom is -0.372 e. The molecule has 0 radical (unpaired) electrons. The zero-order valence-electron chi connectivity index (χ0n) is 12.1. The number of hydrazine groups is 1. The first kappa shape index (κ1) is 13.6. The Morgan fingerprint density at radius 1 is 1.14 bits per heavy atom. The topological polar surface area (TPSA) is 79.1 Å². The smallest absolute Gasteiger partial charge is 0.239 e. The summed E-state index contributed by atoms with van der Waals surface area (Å²) in [6, 6.07) is 8.44. The Balaban J connectivity index is 1.75. The molecule has 0 atom stereocenters. The zero-order chi connectivity index (χ0) is 14.7. The molecule has 1 saturated heterocycles. The molecule has 1 aromatic heterocycles. The van der Waals surface area contributed by atoms with Gasteiger partial charge in [-0.2, -0.15) is 4.98 Å². The molecule has 0 bridgehead atoms. The maximum atomic E-state index is 5.34. The van der Waals surface area contributed by atoms with Crippen LogP contribution in [0, 0.1) is 6.92 Å². The molecule has 0 amide bonds. The van der Waals surface area contributed by atoms with Crippen molar-refractivity contribution in [2.45, 2.75) is 19.8 Å². The molecule has 0 aliphatic carbocycles. The predicted octanol–water partition coefficient (Wildman–Crippen LogP) is 2.41. The van der Waals surface area contributed by atoms with Crippen molar-refractivity contribution in [3.05, 3.63) is 36.0 Å². The standard InChI is InChI=1S/C15H20N6/c1-11-10-17-15(20-16)19-14(11)18-12-4-6-13(7-5-12)21-8-2-3-9-21/h4-7,10H,2-3,8-9,16H2,1H3,(H2,17,18,19,20). The first-order valence-corrected chi connectivity index (χ1v) is 7.18. The monoisotopic (exact) mass is 284 g/mol. The molecule has 1 aromatic carbocycles. The van der Waals surface area contributed by atoms with Crippen LogP contribution in [0.25, 0.3) is 0 Å². The first-order valence-electron chi connectivity index (χ1n) is 7.18. The summed E-state index contributed by atoms with van der Waals surface area (Å²) < 4.78 is 0. The van der Waals surface area contributed by atoms with E-state index in [1.807, 2.05) is 6.92 Å². The number of aromatic nitrogens is 2. The number of benzene rings is 1. The summed E-state index contributed by atoms with van der Waals surface area (Å²) >= 11 is 0. The Labute approximate surface area is 124 Å². The van der Waals surface area contributed by atoms with E-state index in [0.29, 0.717) is 5.95 Å². The van der Waals surface area contributed by atoms with Crippen molar-refractivity contribution in [2.24, 2.45) is 5.84 Å². The second kappa shape index (κ2) is 5.97. The van der Waals surface area contributed by atoms with Crippen LogP contribution in [0.1, 0.15) is 18.4 Å². The second-order valence-electron chi connectivity index (χ2n) is 5.24. The first-order chi connectivity index (χ1) is 10.3. The van der Waals surface area contributed by atoms with Gasteiger partial charge in [-0.05, 0) is 44.0 Å². The minimum absolute atomic E-state index is 0.400. The summed E-state index contributed by atoms with van der Waals surface area (Å²) in [5.74, 6) is 6.50. The summed E-state index contributed by atoms with van der Waals surface area (Å²) in [7, 11) is 0. The fourth-order valence-corrected chi connectivity index (χ4v) is 2.51. The average molecular weight is 284 g/mol. The molecule has 3 rings (SSSR count). The summed E-state index contributed by atoms with van der Waals surface area (Å²) in [4.78, 5) is 10.8. The van der Waals surface area contributed by atoms with Crippen molar-refractivity contribution < 1.29 is 0 Å². The molecule has 0 saturated carbocycles. The lowest BCUT2D eigenvalue weighted by molar-refractivity contribution is 0.949. The van der Waals surface area contributed by atoms with E-state index < -0.39 is 0 Å². The number of aryl methyl sites for hydroxylation is 1. The van der Waals surface area contributed by atoms with Crippen LogP contribution in [0.2, 0.25) is 0 Å². The van der Waals surface area contributed by atoms with Crippen LogP contribution in [-0.4, -0.2) is 23.1 Å². The molecule has 21 heavy (non-hydrogen) atoms. The Bertz CT molecular complexity index is 604. The maximum absolute atomic E-state index is 5.34. The van der Waals surface area contributed by atoms with Gasteiger partial charge in [0.2, 0.25) is 5.95 Å². The zero-order valence-corrected chi connectivity index (χ0v) is 12.1. The number of rotatable bonds is 4. The summed E-state index contributed by atoms with van der Waals surface area (Å²) in [5.41, 5.74) is 5.71. The lowest BCUT2D eigenvalue weighted by atomic mass is 10.2. The predicted molar refractivity (Wildman–Crippen MR) is 85.8 cm³/mol. The van der Waals surface area contributed by atoms with Crippen molar-refractivity contribution >= 4 is 23.1 Å². The molecule has 6 nitrogen and oxygen atoms in total. The van der Waals surface area contributed by atoms with Gasteiger partial charge in [0.05, 0.1) is 0 Å². The SMILES string of the molecule is Cc1cnc(NN)nc1Nc1ccc(N2CCCC2)cc1. The third-order valence-corrected chi connectivity index (χ3v) is 3.70. The van der Waals surface area contributed by atoms with E-state index in [1.54, 1.807) is 6.20 Å². The van der Waals surface area contributed by atoms with Gasteiger partial charge in [0.25, 0.3) is 0 Å². The van der Waals surface area contributed by atoms with Gasteiger partial charge < -0.3 is 10.2 Å². The highest BCUT2D eigenvalue weighted by Gasteiger charge is 2.12. The molecule has 4 N–H and O–H groups in total. The van der Waals surface area contributed by atoms with E-state index in [0.717, 1.165) is 30.2 Å². The Morgan fingerprint density at radius 3 is 2.52 bits per heavy atom. The van der Waals surface area contributed by atoms with Crippen LogP contribution in [0.15, 0.2) is 30.5 Å². The summed E-state index contributed by atoms with van der Waals surface area (Å²) in [5, 5.41) is 3.30. The highest BCUT2D eigenvalue weighted by molar-refractivity contribution is 5.63. The van der Waals surface area contributed by atoms with Gasteiger partial charge in [-0.15, -0.1) is 0 Å². The molecule has 1 fully saturated rings. The third kappa shape index (κ3) is 3.05. The molecule has 2 heterocycles. The van der Waals surface area contributed by atoms with Crippen molar-refractivity contribution in [1.29, 1.82) is 0 Å². The van der Waals surface area contributed by atoms with Crippen molar-refractivity contribution in [2.75, 3.05) is 28.7 Å². The van der Waals surface area contributed by atoms with Crippen LogP contribution in [0.3, 0.4) is 0 Å². The molecule has 0 spiro atoms. The summed E-state index contributed by atoms with van der Waals surface area (Å²) in [6.07, 6.45) is 4.31. The van der Waals surface area contributed by atoms with Crippen LogP contribution < -0.4 is 21.5 Å². The molecular formula is C15H20N6. The van der Waals surface area contributed by atoms with Gasteiger partial charge >= 0.3 is 0 Å². The van der Waals surface area contributed by atoms with Gasteiger partial charge in [0.15, 0.2) is 0 Å². The summed E-state index contributed by atoms with van der Waals surface area (Å²) in [6.45, 7) is 4.27. The largest absolute Gasteiger partial charge is 0.372 e. The molecule has 1 aliphatic heterocycles. The number of nitrogens with two attached hydrogens (primary N) is 1. The molecule has 2 aromatic rings. The fraction of sp³-hybridized carbons (Fsp3) is 0.333. The van der Waals surface area contributed by atoms with E-state index in [4.69, 9.17) is 5.84 Å². The number of hydrogen-bond donors (Lipinski definition) is 3. The number of nitrogens with zero attached hydrogens (tertiary/aromatic N) is 3. The fourth-order valence-electron chi connectivity index (χ4n) is 2.51. The average Bonchev–Trinajstić information content (AvgIpc) is 3.04. The van der Waals surface area contributed by atoms with E-state index in [2.05, 4.69) is 49.9 Å². The van der Waals surface area contributed by atoms with Crippen molar-refractivity contribution in [3.63, 3.8) is 0 Å². The number of hydrogen-bond acceptors (Lipinski definition) is 6. The maximum Gasteiger partial charge on any atom is 0.239 e. The van der Waals surface area contributed by atoms with E-state index >= 15 is 0 Å². The van der Waals surface area contributed by atoms with Crippen LogP contribution in [0.5, 0.6) is 0 Å². The normalized spacial score (nSPS) is 14.3. The van der Waals surface area contributed by atoms with E-state index in [1.165, 1.54) is 18.5 Å². The Morgan fingerprint density at radius 2 is 1.86 bits per heavy atom. The molecule has 1 aliphatic rings. The van der Waals surface area contributed by atoms with Crippen molar-refractivity contribution in [3.8, 4) is 0 Å². The van der Waals surface area contributed by atoms with Crippen LogP contribution in [0.4, 0.5) is 23.1 Å². The van der Waals surface area contributed by atoms with E-state index in [9.17, 15) is 0 Å². The van der Waals surface area contributed by atoms with Gasteiger partial charge in [0.1, 0.15) is 5.82 Å². The Hall–Kier alpha value is -2.34. The van der Waals surface area contributed by atoms with Gasteiger partial charge in [-0.3, -0.25) is 5.43 Å². The minimum atomic E-state index is 0.400. The van der Waals surface area contributed by atoms with Crippen molar-refractivity contribution in [1.82, 2.24) is 9.97 Å². The number of nitrogen functional groups attached to an aromatic ring is 1. The highest BCUT2D eigenvalue weighted by Crippen LogP contribution is 2.24. The lowest BCUT2D eigenvalue weighted by Gasteiger charge is -2.18. The lowest BCUT2D eigenvalue weighted by Crippen LogP contribution is -2.17. The van der Waals surface area contributed by atoms with Gasteiger partial charge in [-0.1, -0.05) is 0 Å². The molecule has 0 unspecified atom stereocenters. The van der Waals surface area contributed by atoms with Gasteiger partial charge in [-0.25, -0.2) is 10.8 Å². The quantitative estimate of drug-likeness (QED) is 0.591. The molecule has 6 heteroatoms. The second-order valence-corrected chi connectivity index (χ2v) is 5.24. The van der Waals surface area contributed by atoms with Crippen LogP contribution >= 0.6 is 0 Å². The van der Waals surface area contributed by atoms with Gasteiger partial charge in [0, 0.05) is 36.2 Å². The molecule has 110 valence electrons. The highest BCUT2D eigenvalue weighted by atomic mass is 15.3. The molecular weight excluding hydrogens is 264 g/mol. The Kier molecular flexibility index (Phi) is 3.87. The van der Waals surface area contributed by atoms with E-state index in [-0.39, 0.29) is 0 Å². The number of nitrogens with one attached hydrogen (secondary N) is 2. The third-order valence-electron chi connectivity index (χ3n) is 3.70. The van der Waals surface area contributed by atoms with Crippen LogP contribution in [-0.2, 0) is 0 Å².